The third-order valence-corrected chi connectivity index (χ3v) is 3.80. The van der Waals surface area contributed by atoms with Crippen LogP contribution >= 0.6 is 0 Å². The van der Waals surface area contributed by atoms with Gasteiger partial charge < -0.3 is 15.5 Å². The summed E-state index contributed by atoms with van der Waals surface area (Å²) in [6, 6.07) is 7.82. The maximum Gasteiger partial charge on any atom is 0.224 e. The molecular formula is C19H31N3O2. The topological polar surface area (TPSA) is 61.4 Å². The van der Waals surface area contributed by atoms with Crippen LogP contribution in [0.5, 0.6) is 0 Å². The first-order valence-corrected chi connectivity index (χ1v) is 8.75. The van der Waals surface area contributed by atoms with E-state index in [2.05, 4.69) is 10.6 Å². The lowest BCUT2D eigenvalue weighted by atomic mass is 10.1. The second kappa shape index (κ2) is 10.7. The van der Waals surface area contributed by atoms with Crippen molar-refractivity contribution in [1.82, 2.24) is 5.32 Å². The molecule has 0 aliphatic carbocycles. The Morgan fingerprint density at radius 2 is 1.79 bits per heavy atom. The number of unbranched alkanes of at least 4 members (excludes halogenated alkanes) is 3. The van der Waals surface area contributed by atoms with Crippen LogP contribution in [0.1, 0.15) is 46.0 Å². The Hall–Kier alpha value is -2.04. The molecule has 1 aromatic rings. The van der Waals surface area contributed by atoms with Crippen molar-refractivity contribution in [3.8, 4) is 0 Å². The van der Waals surface area contributed by atoms with E-state index in [1.165, 1.54) is 0 Å². The summed E-state index contributed by atoms with van der Waals surface area (Å²) < 4.78 is 0. The molecule has 0 radical (unpaired) electrons. The molecule has 0 aromatic heterocycles. The number of rotatable bonds is 10. The number of anilines is 2. The van der Waals surface area contributed by atoms with E-state index in [9.17, 15) is 9.59 Å². The SMILES string of the molecule is CC(C)C(=O)NCCCCCCC(=O)Nc1cccc(N(C)C)c1. The maximum absolute atomic E-state index is 12.0. The summed E-state index contributed by atoms with van der Waals surface area (Å²) in [5.74, 6) is 0.202. The van der Waals surface area contributed by atoms with Crippen LogP contribution in [0.3, 0.4) is 0 Å². The molecule has 1 rings (SSSR count). The van der Waals surface area contributed by atoms with Gasteiger partial charge >= 0.3 is 0 Å². The largest absolute Gasteiger partial charge is 0.378 e. The minimum absolute atomic E-state index is 0.0414. The molecule has 0 saturated carbocycles. The van der Waals surface area contributed by atoms with Crippen molar-refractivity contribution in [3.05, 3.63) is 24.3 Å². The molecule has 0 aliphatic rings. The van der Waals surface area contributed by atoms with E-state index >= 15 is 0 Å². The fraction of sp³-hybridized carbons (Fsp3) is 0.579. The number of carbonyl (C=O) groups excluding carboxylic acids is 2. The molecule has 5 heteroatoms. The van der Waals surface area contributed by atoms with Crippen LogP contribution in [0, 0.1) is 5.92 Å². The third-order valence-electron chi connectivity index (χ3n) is 3.80. The van der Waals surface area contributed by atoms with E-state index in [0.29, 0.717) is 6.42 Å². The zero-order chi connectivity index (χ0) is 17.9. The highest BCUT2D eigenvalue weighted by atomic mass is 16.2. The highest BCUT2D eigenvalue weighted by molar-refractivity contribution is 5.91. The molecule has 134 valence electrons. The van der Waals surface area contributed by atoms with Crippen molar-refractivity contribution >= 4 is 23.2 Å². The number of amides is 2. The van der Waals surface area contributed by atoms with E-state index in [-0.39, 0.29) is 17.7 Å². The summed E-state index contributed by atoms with van der Waals surface area (Å²) in [4.78, 5) is 25.4. The van der Waals surface area contributed by atoms with Crippen LogP contribution in [-0.4, -0.2) is 32.5 Å². The molecule has 0 bridgehead atoms. The predicted octanol–water partition coefficient (Wildman–Crippen LogP) is 3.41. The predicted molar refractivity (Wildman–Crippen MR) is 100 cm³/mol. The molecule has 0 unspecified atom stereocenters. The Bertz CT molecular complexity index is 527. The number of benzene rings is 1. The fourth-order valence-corrected chi connectivity index (χ4v) is 2.27. The normalized spacial score (nSPS) is 10.5. The molecule has 2 N–H and O–H groups in total. The Morgan fingerprint density at radius 1 is 1.08 bits per heavy atom. The highest BCUT2D eigenvalue weighted by Gasteiger charge is 2.06. The van der Waals surface area contributed by atoms with Crippen LogP contribution < -0.4 is 15.5 Å². The van der Waals surface area contributed by atoms with Gasteiger partial charge in [0.25, 0.3) is 0 Å². The van der Waals surface area contributed by atoms with Gasteiger partial charge in [-0.25, -0.2) is 0 Å². The first kappa shape index (κ1) is 20.0. The molecule has 0 saturated heterocycles. The Morgan fingerprint density at radius 3 is 2.46 bits per heavy atom. The van der Waals surface area contributed by atoms with Gasteiger partial charge in [-0.1, -0.05) is 32.8 Å². The molecular weight excluding hydrogens is 302 g/mol. The number of hydrogen-bond acceptors (Lipinski definition) is 3. The Balaban J connectivity index is 2.14. The average molecular weight is 333 g/mol. The Labute approximate surface area is 145 Å². The zero-order valence-electron chi connectivity index (χ0n) is 15.4. The van der Waals surface area contributed by atoms with Crippen molar-refractivity contribution in [3.63, 3.8) is 0 Å². The lowest BCUT2D eigenvalue weighted by Gasteiger charge is -2.14. The first-order chi connectivity index (χ1) is 11.4. The number of nitrogens with one attached hydrogen (secondary N) is 2. The van der Waals surface area contributed by atoms with Crippen LogP contribution in [0.2, 0.25) is 0 Å². The standard InChI is InChI=1S/C19H31N3O2/c1-15(2)19(24)20-13-8-6-5-7-12-18(23)21-16-10-9-11-17(14-16)22(3)4/h9-11,14-15H,5-8,12-13H2,1-4H3,(H,20,24)(H,21,23). The summed E-state index contributed by atoms with van der Waals surface area (Å²) in [6.07, 6.45) is 4.40. The minimum Gasteiger partial charge on any atom is -0.378 e. The van der Waals surface area contributed by atoms with E-state index in [1.807, 2.05) is 57.1 Å². The fourth-order valence-electron chi connectivity index (χ4n) is 2.27. The molecule has 0 fully saturated rings. The first-order valence-electron chi connectivity index (χ1n) is 8.75. The van der Waals surface area contributed by atoms with Crippen molar-refractivity contribution in [2.24, 2.45) is 5.92 Å². The molecule has 0 heterocycles. The summed E-state index contributed by atoms with van der Waals surface area (Å²) in [6.45, 7) is 4.50. The summed E-state index contributed by atoms with van der Waals surface area (Å²) in [5, 5.41) is 5.85. The lowest BCUT2D eigenvalue weighted by molar-refractivity contribution is -0.124. The lowest BCUT2D eigenvalue weighted by Crippen LogP contribution is -2.28. The van der Waals surface area contributed by atoms with E-state index < -0.39 is 0 Å². The quantitative estimate of drug-likeness (QED) is 0.645. The molecule has 0 spiro atoms. The van der Waals surface area contributed by atoms with E-state index in [1.54, 1.807) is 0 Å². The molecule has 2 amide bonds. The molecule has 5 nitrogen and oxygen atoms in total. The minimum atomic E-state index is 0.0414. The average Bonchev–Trinajstić information content (AvgIpc) is 2.53. The molecule has 0 atom stereocenters. The van der Waals surface area contributed by atoms with Crippen LogP contribution in [0.4, 0.5) is 11.4 Å². The molecule has 0 aliphatic heterocycles. The van der Waals surface area contributed by atoms with Gasteiger partial charge in [-0.15, -0.1) is 0 Å². The number of nitrogens with zero attached hydrogens (tertiary/aromatic N) is 1. The summed E-state index contributed by atoms with van der Waals surface area (Å²) in [7, 11) is 3.95. The van der Waals surface area contributed by atoms with Gasteiger partial charge in [0.15, 0.2) is 0 Å². The van der Waals surface area contributed by atoms with Gasteiger partial charge in [0, 0.05) is 44.4 Å². The van der Waals surface area contributed by atoms with Gasteiger partial charge in [0.05, 0.1) is 0 Å². The second-order valence-corrected chi connectivity index (χ2v) is 6.60. The van der Waals surface area contributed by atoms with Gasteiger partial charge in [0.1, 0.15) is 0 Å². The number of hydrogen-bond donors (Lipinski definition) is 2. The van der Waals surface area contributed by atoms with Crippen molar-refractivity contribution in [1.29, 1.82) is 0 Å². The zero-order valence-corrected chi connectivity index (χ0v) is 15.4. The van der Waals surface area contributed by atoms with E-state index in [4.69, 9.17) is 0 Å². The van der Waals surface area contributed by atoms with Gasteiger partial charge in [-0.05, 0) is 31.0 Å². The second-order valence-electron chi connectivity index (χ2n) is 6.60. The van der Waals surface area contributed by atoms with Crippen LogP contribution in [0.25, 0.3) is 0 Å². The van der Waals surface area contributed by atoms with Gasteiger partial charge in [-0.3, -0.25) is 9.59 Å². The third kappa shape index (κ3) is 7.99. The van der Waals surface area contributed by atoms with E-state index in [0.717, 1.165) is 43.6 Å². The highest BCUT2D eigenvalue weighted by Crippen LogP contribution is 2.17. The van der Waals surface area contributed by atoms with Crippen molar-refractivity contribution in [2.75, 3.05) is 30.9 Å². The molecule has 1 aromatic carbocycles. The smallest absolute Gasteiger partial charge is 0.224 e. The maximum atomic E-state index is 12.0. The van der Waals surface area contributed by atoms with Crippen LogP contribution in [-0.2, 0) is 9.59 Å². The summed E-state index contributed by atoms with van der Waals surface area (Å²) in [5.41, 5.74) is 1.90. The van der Waals surface area contributed by atoms with Gasteiger partial charge in [0.2, 0.25) is 11.8 Å². The van der Waals surface area contributed by atoms with Crippen molar-refractivity contribution < 1.29 is 9.59 Å². The monoisotopic (exact) mass is 333 g/mol. The van der Waals surface area contributed by atoms with Crippen LogP contribution in [0.15, 0.2) is 24.3 Å². The van der Waals surface area contributed by atoms with Gasteiger partial charge in [-0.2, -0.15) is 0 Å². The molecule has 24 heavy (non-hydrogen) atoms. The summed E-state index contributed by atoms with van der Waals surface area (Å²) >= 11 is 0. The van der Waals surface area contributed by atoms with Crippen molar-refractivity contribution in [2.45, 2.75) is 46.0 Å². The number of carbonyl (C=O) groups is 2. The Kier molecular flexibility index (Phi) is 8.90.